The Morgan fingerprint density at radius 2 is 2.00 bits per heavy atom. The summed E-state index contributed by atoms with van der Waals surface area (Å²) in [6.45, 7) is 2.23. The number of nitrogens with zero attached hydrogens (tertiary/aromatic N) is 2. The average Bonchev–Trinajstić information content (AvgIpc) is 2.41. The summed E-state index contributed by atoms with van der Waals surface area (Å²) >= 11 is 6.02. The molecule has 0 saturated carbocycles. The van der Waals surface area contributed by atoms with E-state index in [0.29, 0.717) is 11.6 Å². The van der Waals surface area contributed by atoms with Gasteiger partial charge in [0.05, 0.1) is 0 Å². The molecule has 0 saturated heterocycles. The number of hydrogen-bond donors (Lipinski definition) is 2. The van der Waals surface area contributed by atoms with Crippen LogP contribution in [0.1, 0.15) is 19.8 Å². The van der Waals surface area contributed by atoms with Crippen molar-refractivity contribution >= 4 is 28.2 Å². The maximum Gasteiger partial charge on any atom is 0.159 e. The number of anilines is 1. The Morgan fingerprint density at radius 1 is 1.28 bits per heavy atom. The second-order valence-corrected chi connectivity index (χ2v) is 4.50. The van der Waals surface area contributed by atoms with Crippen LogP contribution in [0.15, 0.2) is 24.3 Å². The zero-order valence-electron chi connectivity index (χ0n) is 10.2. The van der Waals surface area contributed by atoms with E-state index in [0.717, 1.165) is 23.0 Å². The highest BCUT2D eigenvalue weighted by Gasteiger charge is 2.11. The van der Waals surface area contributed by atoms with Crippen molar-refractivity contribution in [3.8, 4) is 0 Å². The molecule has 1 unspecified atom stereocenters. The molecular weight excluding hydrogens is 250 g/mol. The highest BCUT2D eigenvalue weighted by Crippen LogP contribution is 2.26. The van der Waals surface area contributed by atoms with Crippen molar-refractivity contribution in [1.82, 2.24) is 10.2 Å². The third-order valence-corrected chi connectivity index (χ3v) is 3.23. The van der Waals surface area contributed by atoms with E-state index in [1.54, 1.807) is 0 Å². The van der Waals surface area contributed by atoms with Crippen LogP contribution in [-0.2, 0) is 0 Å². The molecule has 0 amide bonds. The predicted octanol–water partition coefficient (Wildman–Crippen LogP) is 2.86. The monoisotopic (exact) mass is 265 g/mol. The van der Waals surface area contributed by atoms with E-state index in [2.05, 4.69) is 22.4 Å². The fourth-order valence-corrected chi connectivity index (χ4v) is 2.11. The van der Waals surface area contributed by atoms with Crippen LogP contribution in [0.3, 0.4) is 0 Å². The molecule has 0 aliphatic heterocycles. The molecule has 5 heteroatoms. The summed E-state index contributed by atoms with van der Waals surface area (Å²) < 4.78 is 0. The number of fused-ring (bicyclic) bond motifs is 1. The summed E-state index contributed by atoms with van der Waals surface area (Å²) in [7, 11) is 0. The molecule has 0 aliphatic carbocycles. The van der Waals surface area contributed by atoms with Crippen molar-refractivity contribution in [3.63, 3.8) is 0 Å². The molecule has 2 N–H and O–H groups in total. The highest BCUT2D eigenvalue weighted by molar-refractivity contribution is 6.34. The molecule has 1 aromatic carbocycles. The molecule has 2 aromatic rings. The van der Waals surface area contributed by atoms with E-state index >= 15 is 0 Å². The zero-order chi connectivity index (χ0) is 13.0. The summed E-state index contributed by atoms with van der Waals surface area (Å²) in [6, 6.07) is 7.94. The van der Waals surface area contributed by atoms with E-state index in [4.69, 9.17) is 16.7 Å². The van der Waals surface area contributed by atoms with Crippen LogP contribution in [0.5, 0.6) is 0 Å². The fourth-order valence-electron chi connectivity index (χ4n) is 1.91. The number of nitrogens with one attached hydrogen (secondary N) is 1. The molecule has 18 heavy (non-hydrogen) atoms. The summed E-state index contributed by atoms with van der Waals surface area (Å²) in [4.78, 5) is 0. The summed E-state index contributed by atoms with van der Waals surface area (Å²) in [6.07, 6.45) is 1.61. The number of aliphatic hydroxyl groups excluding tert-OH is 1. The normalized spacial score (nSPS) is 12.6. The van der Waals surface area contributed by atoms with Crippen LogP contribution in [0, 0.1) is 0 Å². The third-order valence-electron chi connectivity index (χ3n) is 2.95. The van der Waals surface area contributed by atoms with Crippen molar-refractivity contribution in [2.75, 3.05) is 11.9 Å². The van der Waals surface area contributed by atoms with Crippen molar-refractivity contribution in [3.05, 3.63) is 29.4 Å². The lowest BCUT2D eigenvalue weighted by atomic mass is 10.1. The number of hydrogen-bond acceptors (Lipinski definition) is 4. The van der Waals surface area contributed by atoms with Crippen LogP contribution in [0.25, 0.3) is 10.8 Å². The molecular formula is C13H16ClN3O. The minimum Gasteiger partial charge on any atom is -0.396 e. The maximum atomic E-state index is 9.01. The number of aliphatic hydroxyl groups is 1. The Morgan fingerprint density at radius 3 is 2.67 bits per heavy atom. The summed E-state index contributed by atoms with van der Waals surface area (Å²) in [5.41, 5.74) is 0. The highest BCUT2D eigenvalue weighted by atomic mass is 35.5. The van der Waals surface area contributed by atoms with E-state index in [1.807, 2.05) is 24.3 Å². The second-order valence-electron chi connectivity index (χ2n) is 4.15. The quantitative estimate of drug-likeness (QED) is 0.873. The molecule has 1 heterocycles. The van der Waals surface area contributed by atoms with Gasteiger partial charge in [0.15, 0.2) is 11.0 Å². The van der Waals surface area contributed by atoms with Crippen molar-refractivity contribution in [2.24, 2.45) is 0 Å². The molecule has 2 rings (SSSR count). The molecule has 0 fully saturated rings. The average molecular weight is 266 g/mol. The van der Waals surface area contributed by atoms with Crippen LogP contribution in [0.4, 0.5) is 5.82 Å². The molecule has 0 radical (unpaired) electrons. The molecule has 0 bridgehead atoms. The molecule has 4 nitrogen and oxygen atoms in total. The van der Waals surface area contributed by atoms with Gasteiger partial charge in [-0.3, -0.25) is 0 Å². The number of aromatic nitrogens is 2. The lowest BCUT2D eigenvalue weighted by molar-refractivity contribution is 0.278. The van der Waals surface area contributed by atoms with Crippen LogP contribution >= 0.6 is 11.6 Å². The van der Waals surface area contributed by atoms with Crippen LogP contribution < -0.4 is 5.32 Å². The number of benzene rings is 1. The standard InChI is InChI=1S/C13H16ClN3O/c1-2-9(7-8-18)15-13-11-6-4-3-5-10(11)12(14)16-17-13/h3-6,9,18H,2,7-8H2,1H3,(H,15,17). The number of rotatable bonds is 5. The Labute approximate surface area is 111 Å². The largest absolute Gasteiger partial charge is 0.396 e. The van der Waals surface area contributed by atoms with E-state index in [9.17, 15) is 0 Å². The predicted molar refractivity (Wildman–Crippen MR) is 74.0 cm³/mol. The minimum absolute atomic E-state index is 0.157. The fraction of sp³-hybridized carbons (Fsp3) is 0.385. The Bertz CT molecular complexity index is 533. The van der Waals surface area contributed by atoms with Gasteiger partial charge in [-0.15, -0.1) is 10.2 Å². The zero-order valence-corrected chi connectivity index (χ0v) is 11.0. The van der Waals surface area contributed by atoms with Gasteiger partial charge < -0.3 is 10.4 Å². The molecule has 1 atom stereocenters. The molecule has 1 aromatic heterocycles. The van der Waals surface area contributed by atoms with Gasteiger partial charge in [-0.25, -0.2) is 0 Å². The van der Waals surface area contributed by atoms with Crippen molar-refractivity contribution in [1.29, 1.82) is 0 Å². The van der Waals surface area contributed by atoms with Gasteiger partial charge in [0.25, 0.3) is 0 Å². The minimum atomic E-state index is 0.157. The van der Waals surface area contributed by atoms with Crippen LogP contribution in [-0.4, -0.2) is 28.0 Å². The first-order valence-corrected chi connectivity index (χ1v) is 6.42. The van der Waals surface area contributed by atoms with E-state index in [1.165, 1.54) is 0 Å². The van der Waals surface area contributed by atoms with Gasteiger partial charge in [0.1, 0.15) is 0 Å². The lowest BCUT2D eigenvalue weighted by Crippen LogP contribution is -2.21. The Kier molecular flexibility index (Phi) is 4.33. The first-order valence-electron chi connectivity index (χ1n) is 6.04. The first-order chi connectivity index (χ1) is 8.76. The van der Waals surface area contributed by atoms with E-state index < -0.39 is 0 Å². The third kappa shape index (κ3) is 2.71. The van der Waals surface area contributed by atoms with Gasteiger partial charge in [-0.1, -0.05) is 42.8 Å². The summed E-state index contributed by atoms with van der Waals surface area (Å²) in [5, 5.41) is 22.6. The second kappa shape index (κ2) is 5.98. The maximum absolute atomic E-state index is 9.01. The van der Waals surface area contributed by atoms with Crippen LogP contribution in [0.2, 0.25) is 5.15 Å². The van der Waals surface area contributed by atoms with Gasteiger partial charge in [-0.05, 0) is 12.8 Å². The van der Waals surface area contributed by atoms with Crippen molar-refractivity contribution < 1.29 is 5.11 Å². The van der Waals surface area contributed by atoms with Gasteiger partial charge in [0.2, 0.25) is 0 Å². The molecule has 0 aliphatic rings. The van der Waals surface area contributed by atoms with Crippen molar-refractivity contribution in [2.45, 2.75) is 25.8 Å². The van der Waals surface area contributed by atoms with E-state index in [-0.39, 0.29) is 12.6 Å². The Balaban J connectivity index is 2.36. The van der Waals surface area contributed by atoms with Gasteiger partial charge in [0, 0.05) is 23.4 Å². The number of halogens is 1. The summed E-state index contributed by atoms with van der Waals surface area (Å²) in [5.74, 6) is 0.718. The Hall–Kier alpha value is -1.39. The smallest absolute Gasteiger partial charge is 0.159 e. The lowest BCUT2D eigenvalue weighted by Gasteiger charge is -2.17. The first kappa shape index (κ1) is 13.1. The SMILES string of the molecule is CCC(CCO)Nc1nnc(Cl)c2ccccc12. The molecule has 96 valence electrons. The topological polar surface area (TPSA) is 58.0 Å². The van der Waals surface area contributed by atoms with Gasteiger partial charge >= 0.3 is 0 Å². The molecule has 0 spiro atoms. The van der Waals surface area contributed by atoms with Gasteiger partial charge in [-0.2, -0.15) is 0 Å².